The lowest BCUT2D eigenvalue weighted by Crippen LogP contribution is -2.43. The highest BCUT2D eigenvalue weighted by molar-refractivity contribution is 9.10. The zero-order chi connectivity index (χ0) is 21.3. The Kier molecular flexibility index (Phi) is 5.55. The second-order valence-electron chi connectivity index (χ2n) is 6.71. The van der Waals surface area contributed by atoms with Gasteiger partial charge in [0, 0.05) is 21.4 Å². The van der Waals surface area contributed by atoms with Crippen molar-refractivity contribution < 1.29 is 19.0 Å². The Balaban J connectivity index is 1.91. The number of hydrogen-bond acceptors (Lipinski definition) is 5. The molecule has 154 valence electrons. The van der Waals surface area contributed by atoms with Gasteiger partial charge in [0.15, 0.2) is 11.5 Å². The fourth-order valence-electron chi connectivity index (χ4n) is 3.64. The summed E-state index contributed by atoms with van der Waals surface area (Å²) in [7, 11) is 4.70. The molecule has 6 nitrogen and oxygen atoms in total. The monoisotopic (exact) mass is 468 g/mol. The van der Waals surface area contributed by atoms with Gasteiger partial charge in [0.25, 0.3) is 5.91 Å². The van der Waals surface area contributed by atoms with Crippen LogP contribution in [-0.4, -0.2) is 27.2 Å². The Labute approximate surface area is 183 Å². The molecule has 0 saturated heterocycles. The number of para-hydroxylation sites is 1. The maximum Gasteiger partial charge on any atom is 0.262 e. The van der Waals surface area contributed by atoms with Crippen LogP contribution in [0.25, 0.3) is 0 Å². The molecule has 3 aromatic rings. The van der Waals surface area contributed by atoms with Crippen LogP contribution in [0.4, 0.5) is 11.4 Å². The van der Waals surface area contributed by atoms with Gasteiger partial charge in [-0.05, 0) is 42.5 Å². The lowest BCUT2D eigenvalue weighted by molar-refractivity contribution is 0.0975. The minimum atomic E-state index is -0.476. The third-order valence-corrected chi connectivity index (χ3v) is 5.51. The number of methoxy groups -OCH3 is 3. The maximum absolute atomic E-state index is 13.5. The number of carbonyl (C=O) groups excluding carboxylic acids is 1. The molecular weight excluding hydrogens is 448 g/mol. The second-order valence-corrected chi connectivity index (χ2v) is 7.62. The topological polar surface area (TPSA) is 60.0 Å². The van der Waals surface area contributed by atoms with Gasteiger partial charge in [-0.25, -0.2) is 0 Å². The van der Waals surface area contributed by atoms with Gasteiger partial charge < -0.3 is 19.5 Å². The molecule has 0 bridgehead atoms. The van der Waals surface area contributed by atoms with E-state index in [4.69, 9.17) is 14.2 Å². The molecule has 0 aromatic heterocycles. The lowest BCUT2D eigenvalue weighted by atomic mass is 10.0. The molecular formula is C23H21BrN2O4. The number of halogens is 1. The van der Waals surface area contributed by atoms with Crippen LogP contribution in [-0.2, 0) is 0 Å². The molecule has 1 atom stereocenters. The van der Waals surface area contributed by atoms with Gasteiger partial charge in [0.05, 0.1) is 26.9 Å². The number of carbonyl (C=O) groups is 1. The van der Waals surface area contributed by atoms with Crippen LogP contribution in [0, 0.1) is 0 Å². The standard InChI is InChI=1S/C23H21BrN2O4/c1-28-19-11-14(12-20(29-2)21(19)30-3)22-25-18-10-5-4-9-17(18)23(27)26(22)16-8-6-7-15(24)13-16/h4-13,22,25H,1-3H3/t22-/m1/s1. The number of ether oxygens (including phenoxy) is 3. The van der Waals surface area contributed by atoms with E-state index in [9.17, 15) is 4.79 Å². The van der Waals surface area contributed by atoms with Gasteiger partial charge in [-0.2, -0.15) is 0 Å². The highest BCUT2D eigenvalue weighted by Crippen LogP contribution is 2.43. The Morgan fingerprint density at radius 3 is 2.23 bits per heavy atom. The summed E-state index contributed by atoms with van der Waals surface area (Å²) in [5, 5.41) is 3.49. The molecule has 30 heavy (non-hydrogen) atoms. The minimum Gasteiger partial charge on any atom is -0.493 e. The normalized spacial score (nSPS) is 15.3. The van der Waals surface area contributed by atoms with Crippen molar-refractivity contribution in [2.45, 2.75) is 6.17 Å². The third-order valence-electron chi connectivity index (χ3n) is 5.02. The summed E-state index contributed by atoms with van der Waals surface area (Å²) in [5.74, 6) is 1.45. The van der Waals surface area contributed by atoms with Crippen molar-refractivity contribution >= 4 is 33.2 Å². The Bertz CT molecular complexity index is 1080. The Morgan fingerprint density at radius 2 is 1.60 bits per heavy atom. The first-order valence-electron chi connectivity index (χ1n) is 9.32. The van der Waals surface area contributed by atoms with E-state index in [2.05, 4.69) is 21.2 Å². The highest BCUT2D eigenvalue weighted by Gasteiger charge is 2.35. The average Bonchev–Trinajstić information content (AvgIpc) is 2.77. The van der Waals surface area contributed by atoms with Crippen LogP contribution < -0.4 is 24.4 Å². The zero-order valence-electron chi connectivity index (χ0n) is 16.8. The number of anilines is 2. The molecule has 1 N–H and O–H groups in total. The molecule has 0 radical (unpaired) electrons. The number of nitrogens with zero attached hydrogens (tertiary/aromatic N) is 1. The van der Waals surface area contributed by atoms with Gasteiger partial charge in [-0.1, -0.05) is 34.1 Å². The van der Waals surface area contributed by atoms with Crippen molar-refractivity contribution in [2.75, 3.05) is 31.5 Å². The van der Waals surface area contributed by atoms with Gasteiger partial charge in [0.2, 0.25) is 5.75 Å². The molecule has 0 fully saturated rings. The van der Waals surface area contributed by atoms with Gasteiger partial charge in [-0.15, -0.1) is 0 Å². The van der Waals surface area contributed by atoms with Crippen LogP contribution in [0.5, 0.6) is 17.2 Å². The third kappa shape index (κ3) is 3.45. The summed E-state index contributed by atoms with van der Waals surface area (Å²) in [6.07, 6.45) is -0.476. The number of amides is 1. The van der Waals surface area contributed by atoms with Crippen molar-refractivity contribution in [1.29, 1.82) is 0 Å². The van der Waals surface area contributed by atoms with Crippen LogP contribution in [0.15, 0.2) is 65.1 Å². The largest absolute Gasteiger partial charge is 0.493 e. The summed E-state index contributed by atoms with van der Waals surface area (Å²) in [4.78, 5) is 15.3. The van der Waals surface area contributed by atoms with Gasteiger partial charge >= 0.3 is 0 Å². The first-order valence-corrected chi connectivity index (χ1v) is 10.1. The van der Waals surface area contributed by atoms with E-state index in [1.807, 2.05) is 60.7 Å². The molecule has 0 aliphatic carbocycles. The van der Waals surface area contributed by atoms with E-state index in [-0.39, 0.29) is 5.91 Å². The Hall–Kier alpha value is -3.19. The molecule has 0 unspecified atom stereocenters. The van der Waals surface area contributed by atoms with E-state index in [1.54, 1.807) is 26.2 Å². The van der Waals surface area contributed by atoms with Crippen molar-refractivity contribution in [3.8, 4) is 17.2 Å². The van der Waals surface area contributed by atoms with E-state index < -0.39 is 6.17 Å². The number of hydrogen-bond donors (Lipinski definition) is 1. The summed E-state index contributed by atoms with van der Waals surface area (Å²) in [6, 6.07) is 18.8. The maximum atomic E-state index is 13.5. The van der Waals surface area contributed by atoms with Gasteiger partial charge in [-0.3, -0.25) is 9.69 Å². The summed E-state index contributed by atoms with van der Waals surface area (Å²) >= 11 is 3.51. The molecule has 1 aliphatic heterocycles. The molecule has 1 aliphatic rings. The summed E-state index contributed by atoms with van der Waals surface area (Å²) in [6.45, 7) is 0. The zero-order valence-corrected chi connectivity index (χ0v) is 18.4. The number of nitrogens with one attached hydrogen (secondary N) is 1. The average molecular weight is 469 g/mol. The van der Waals surface area contributed by atoms with E-state index in [1.165, 1.54) is 0 Å². The fourth-order valence-corrected chi connectivity index (χ4v) is 4.03. The van der Waals surface area contributed by atoms with Crippen molar-refractivity contribution in [2.24, 2.45) is 0 Å². The minimum absolute atomic E-state index is 0.0961. The molecule has 1 amide bonds. The van der Waals surface area contributed by atoms with Crippen molar-refractivity contribution in [1.82, 2.24) is 0 Å². The van der Waals surface area contributed by atoms with E-state index >= 15 is 0 Å². The van der Waals surface area contributed by atoms with E-state index in [0.717, 1.165) is 21.4 Å². The smallest absolute Gasteiger partial charge is 0.262 e. The SMILES string of the molecule is COc1cc([C@@H]2Nc3ccccc3C(=O)N2c2cccc(Br)c2)cc(OC)c1OC. The molecule has 3 aromatic carbocycles. The predicted molar refractivity (Wildman–Crippen MR) is 120 cm³/mol. The van der Waals surface area contributed by atoms with Crippen LogP contribution >= 0.6 is 15.9 Å². The quantitative estimate of drug-likeness (QED) is 0.554. The second kappa shape index (κ2) is 8.28. The van der Waals surface area contributed by atoms with Crippen molar-refractivity contribution in [3.05, 3.63) is 76.3 Å². The first kappa shape index (κ1) is 20.1. The first-order chi connectivity index (χ1) is 14.6. The molecule has 0 spiro atoms. The lowest BCUT2D eigenvalue weighted by Gasteiger charge is -2.38. The summed E-state index contributed by atoms with van der Waals surface area (Å²) < 4.78 is 17.4. The molecule has 4 rings (SSSR count). The van der Waals surface area contributed by atoms with E-state index in [0.29, 0.717) is 22.8 Å². The van der Waals surface area contributed by atoms with Crippen LogP contribution in [0.3, 0.4) is 0 Å². The molecule has 1 heterocycles. The van der Waals surface area contributed by atoms with Crippen LogP contribution in [0.2, 0.25) is 0 Å². The molecule has 0 saturated carbocycles. The number of fused-ring (bicyclic) bond motifs is 1. The Morgan fingerprint density at radius 1 is 0.900 bits per heavy atom. The van der Waals surface area contributed by atoms with Crippen molar-refractivity contribution in [3.63, 3.8) is 0 Å². The van der Waals surface area contributed by atoms with Crippen LogP contribution in [0.1, 0.15) is 22.1 Å². The summed E-state index contributed by atoms with van der Waals surface area (Å²) in [5.41, 5.74) is 2.94. The van der Waals surface area contributed by atoms with Gasteiger partial charge in [0.1, 0.15) is 6.17 Å². The fraction of sp³-hybridized carbons (Fsp3) is 0.174. The highest BCUT2D eigenvalue weighted by atomic mass is 79.9. The number of benzene rings is 3. The number of rotatable bonds is 5. The predicted octanol–water partition coefficient (Wildman–Crippen LogP) is 5.25. The molecule has 7 heteroatoms.